The molecule has 7 heteroatoms. The van der Waals surface area contributed by atoms with Crippen LogP contribution in [0.3, 0.4) is 0 Å². The van der Waals surface area contributed by atoms with Crippen molar-refractivity contribution in [3.8, 4) is 5.75 Å². The Labute approximate surface area is 209 Å². The number of nitrogens with zero attached hydrogens (tertiary/aromatic N) is 2. The lowest BCUT2D eigenvalue weighted by atomic mass is 9.98. The number of methoxy groups -OCH3 is 1. The summed E-state index contributed by atoms with van der Waals surface area (Å²) in [6.07, 6.45) is 9.52. The van der Waals surface area contributed by atoms with Crippen molar-refractivity contribution >= 4 is 28.6 Å². The molecule has 0 radical (unpaired) electrons. The average molecular weight is 484 g/mol. The minimum Gasteiger partial charge on any atom is -0.497 e. The minimum absolute atomic E-state index is 0.0574. The van der Waals surface area contributed by atoms with Gasteiger partial charge in [0.15, 0.2) is 0 Å². The SMILES string of the molecule is CCCCCCCC1CC(CC(=O)Nc2ccnc3ccc(OC)cc23)CN1C(=O)OC(C)(C)C. The largest absolute Gasteiger partial charge is 0.497 e. The van der Waals surface area contributed by atoms with Gasteiger partial charge in [-0.25, -0.2) is 4.79 Å². The lowest BCUT2D eigenvalue weighted by Crippen LogP contribution is -2.40. The smallest absolute Gasteiger partial charge is 0.410 e. The summed E-state index contributed by atoms with van der Waals surface area (Å²) in [5.41, 5.74) is 0.971. The van der Waals surface area contributed by atoms with Gasteiger partial charge in [0, 0.05) is 30.6 Å². The molecule has 1 N–H and O–H groups in total. The Morgan fingerprint density at radius 1 is 1.14 bits per heavy atom. The molecule has 192 valence electrons. The predicted octanol–water partition coefficient (Wildman–Crippen LogP) is 6.56. The Morgan fingerprint density at radius 2 is 1.91 bits per heavy atom. The van der Waals surface area contributed by atoms with E-state index >= 15 is 0 Å². The van der Waals surface area contributed by atoms with Gasteiger partial charge in [-0.2, -0.15) is 0 Å². The second-order valence-corrected chi connectivity index (χ2v) is 10.6. The third-order valence-electron chi connectivity index (χ3n) is 6.47. The van der Waals surface area contributed by atoms with Crippen LogP contribution < -0.4 is 10.1 Å². The van der Waals surface area contributed by atoms with Gasteiger partial charge in [0.25, 0.3) is 0 Å². The number of ether oxygens (including phenoxy) is 2. The highest BCUT2D eigenvalue weighted by Crippen LogP contribution is 2.32. The summed E-state index contributed by atoms with van der Waals surface area (Å²) in [7, 11) is 1.62. The summed E-state index contributed by atoms with van der Waals surface area (Å²) in [5, 5.41) is 3.90. The van der Waals surface area contributed by atoms with Crippen molar-refractivity contribution in [3.63, 3.8) is 0 Å². The molecule has 1 aliphatic rings. The molecule has 1 fully saturated rings. The monoisotopic (exact) mass is 483 g/mol. The number of rotatable bonds is 10. The van der Waals surface area contributed by atoms with E-state index in [0.29, 0.717) is 24.4 Å². The van der Waals surface area contributed by atoms with Crippen LogP contribution in [-0.4, -0.2) is 47.2 Å². The zero-order valence-corrected chi connectivity index (χ0v) is 21.9. The van der Waals surface area contributed by atoms with Crippen LogP contribution in [0.5, 0.6) is 5.75 Å². The Morgan fingerprint density at radius 3 is 2.63 bits per heavy atom. The first-order chi connectivity index (χ1) is 16.7. The van der Waals surface area contributed by atoms with Gasteiger partial charge >= 0.3 is 6.09 Å². The summed E-state index contributed by atoms with van der Waals surface area (Å²) in [4.78, 5) is 32.2. The second kappa shape index (κ2) is 12.2. The first-order valence-corrected chi connectivity index (χ1v) is 12.9. The summed E-state index contributed by atoms with van der Waals surface area (Å²) in [6.45, 7) is 8.42. The zero-order chi connectivity index (χ0) is 25.4. The lowest BCUT2D eigenvalue weighted by Gasteiger charge is -2.28. The van der Waals surface area contributed by atoms with Crippen LogP contribution in [0.1, 0.15) is 79.1 Å². The van der Waals surface area contributed by atoms with Gasteiger partial charge in [0.2, 0.25) is 5.91 Å². The molecule has 2 amide bonds. The molecule has 1 saturated heterocycles. The normalized spacial score (nSPS) is 18.0. The van der Waals surface area contributed by atoms with E-state index in [1.165, 1.54) is 25.7 Å². The molecule has 0 spiro atoms. The molecule has 0 bridgehead atoms. The van der Waals surface area contributed by atoms with E-state index < -0.39 is 5.60 Å². The highest BCUT2D eigenvalue weighted by atomic mass is 16.6. The van der Waals surface area contributed by atoms with Crippen molar-refractivity contribution in [2.24, 2.45) is 5.92 Å². The van der Waals surface area contributed by atoms with Gasteiger partial charge in [-0.1, -0.05) is 39.0 Å². The zero-order valence-electron chi connectivity index (χ0n) is 21.9. The topological polar surface area (TPSA) is 80.8 Å². The number of aromatic nitrogens is 1. The molecule has 2 atom stereocenters. The first kappa shape index (κ1) is 26.8. The van der Waals surface area contributed by atoms with Gasteiger partial charge in [0.1, 0.15) is 11.4 Å². The van der Waals surface area contributed by atoms with Crippen molar-refractivity contribution in [2.45, 2.75) is 90.7 Å². The summed E-state index contributed by atoms with van der Waals surface area (Å²) >= 11 is 0. The molecule has 2 aromatic rings. The summed E-state index contributed by atoms with van der Waals surface area (Å²) in [5.74, 6) is 0.760. The average Bonchev–Trinajstić information content (AvgIpc) is 3.20. The van der Waals surface area contributed by atoms with Gasteiger partial charge in [-0.05, 0) is 63.8 Å². The number of unbranched alkanes of at least 4 members (excludes halogenated alkanes) is 4. The maximum atomic E-state index is 13.0. The van der Waals surface area contributed by atoms with Crippen molar-refractivity contribution in [2.75, 3.05) is 19.0 Å². The Balaban J connectivity index is 1.64. The Bertz CT molecular complexity index is 1000. The number of amides is 2. The summed E-state index contributed by atoms with van der Waals surface area (Å²) in [6, 6.07) is 7.54. The maximum Gasteiger partial charge on any atom is 0.410 e. The molecule has 35 heavy (non-hydrogen) atoms. The van der Waals surface area contributed by atoms with Crippen LogP contribution in [0.2, 0.25) is 0 Å². The number of hydrogen-bond acceptors (Lipinski definition) is 5. The van der Waals surface area contributed by atoms with Crippen LogP contribution in [0.15, 0.2) is 30.5 Å². The fraction of sp³-hybridized carbons (Fsp3) is 0.607. The molecular weight excluding hydrogens is 442 g/mol. The number of carbonyl (C=O) groups is 2. The van der Waals surface area contributed by atoms with E-state index in [1.54, 1.807) is 19.4 Å². The third-order valence-corrected chi connectivity index (χ3v) is 6.47. The maximum absolute atomic E-state index is 13.0. The van der Waals surface area contributed by atoms with E-state index in [4.69, 9.17) is 9.47 Å². The summed E-state index contributed by atoms with van der Waals surface area (Å²) < 4.78 is 11.0. The number of likely N-dealkylation sites (tertiary alicyclic amines) is 1. The second-order valence-electron chi connectivity index (χ2n) is 10.6. The fourth-order valence-electron chi connectivity index (χ4n) is 4.79. The minimum atomic E-state index is -0.540. The first-order valence-electron chi connectivity index (χ1n) is 12.9. The Kier molecular flexibility index (Phi) is 9.35. The van der Waals surface area contributed by atoms with Crippen molar-refractivity contribution < 1.29 is 19.1 Å². The number of pyridine rings is 1. The van der Waals surface area contributed by atoms with Gasteiger partial charge in [0.05, 0.1) is 18.3 Å². The number of fused-ring (bicyclic) bond motifs is 1. The van der Waals surface area contributed by atoms with Crippen LogP contribution in [0.25, 0.3) is 10.9 Å². The molecule has 7 nitrogen and oxygen atoms in total. The number of hydrogen-bond donors (Lipinski definition) is 1. The molecule has 1 aromatic carbocycles. The number of benzene rings is 1. The van der Waals surface area contributed by atoms with Crippen LogP contribution >= 0.6 is 0 Å². The van der Waals surface area contributed by atoms with Crippen molar-refractivity contribution in [1.29, 1.82) is 0 Å². The highest BCUT2D eigenvalue weighted by molar-refractivity contribution is 6.01. The molecule has 2 heterocycles. The van der Waals surface area contributed by atoms with Crippen LogP contribution in [0.4, 0.5) is 10.5 Å². The Hall–Kier alpha value is -2.83. The van der Waals surface area contributed by atoms with E-state index in [0.717, 1.165) is 30.2 Å². The molecular formula is C28H41N3O4. The van der Waals surface area contributed by atoms with E-state index in [1.807, 2.05) is 43.9 Å². The van der Waals surface area contributed by atoms with Gasteiger partial charge in [-0.15, -0.1) is 0 Å². The predicted molar refractivity (Wildman–Crippen MR) is 140 cm³/mol. The molecule has 0 aliphatic carbocycles. The van der Waals surface area contributed by atoms with Crippen LogP contribution in [-0.2, 0) is 9.53 Å². The number of anilines is 1. The van der Waals surface area contributed by atoms with Crippen molar-refractivity contribution in [1.82, 2.24) is 9.88 Å². The van der Waals surface area contributed by atoms with Gasteiger partial charge in [-0.3, -0.25) is 9.78 Å². The molecule has 3 rings (SSSR count). The highest BCUT2D eigenvalue weighted by Gasteiger charge is 2.37. The molecule has 2 unspecified atom stereocenters. The number of nitrogens with one attached hydrogen (secondary N) is 1. The molecule has 1 aromatic heterocycles. The third kappa shape index (κ3) is 7.84. The van der Waals surface area contributed by atoms with E-state index in [2.05, 4.69) is 17.2 Å². The van der Waals surface area contributed by atoms with Crippen molar-refractivity contribution in [3.05, 3.63) is 30.5 Å². The fourth-order valence-corrected chi connectivity index (χ4v) is 4.79. The van der Waals surface area contributed by atoms with E-state index in [-0.39, 0.29) is 24.0 Å². The standard InChI is InChI=1S/C28H41N3O4/c1-6-7-8-9-10-11-21-16-20(19-31(21)27(33)35-28(2,3)4)17-26(32)30-25-14-15-29-24-13-12-22(34-5)18-23(24)25/h12-15,18,20-21H,6-11,16-17,19H2,1-5H3,(H,29,30,32). The lowest BCUT2D eigenvalue weighted by molar-refractivity contribution is -0.117. The van der Waals surface area contributed by atoms with Crippen LogP contribution in [0, 0.1) is 5.92 Å². The quantitative estimate of drug-likeness (QED) is 0.387. The van der Waals surface area contributed by atoms with E-state index in [9.17, 15) is 9.59 Å². The molecule has 0 saturated carbocycles. The molecule has 1 aliphatic heterocycles. The van der Waals surface area contributed by atoms with Gasteiger partial charge < -0.3 is 19.7 Å². The number of carbonyl (C=O) groups excluding carboxylic acids is 2.